The first-order valence-electron chi connectivity index (χ1n) is 7.00. The number of aryl methyl sites for hydroxylation is 3. The van der Waals surface area contributed by atoms with Crippen molar-refractivity contribution in [3.63, 3.8) is 0 Å². The maximum atomic E-state index is 4.67. The van der Waals surface area contributed by atoms with E-state index in [-0.39, 0.29) is 0 Å². The Kier molecular flexibility index (Phi) is 3.48. The van der Waals surface area contributed by atoms with Crippen LogP contribution in [-0.4, -0.2) is 15.0 Å². The van der Waals surface area contributed by atoms with Gasteiger partial charge in [-0.3, -0.25) is 0 Å². The van der Waals surface area contributed by atoms with Crippen molar-refractivity contribution in [1.82, 2.24) is 15.0 Å². The van der Waals surface area contributed by atoms with E-state index >= 15 is 0 Å². The highest BCUT2D eigenvalue weighted by Crippen LogP contribution is 2.24. The number of aromatic nitrogens is 3. The van der Waals surface area contributed by atoms with Crippen molar-refractivity contribution in [2.45, 2.75) is 20.8 Å². The maximum absolute atomic E-state index is 4.67. The van der Waals surface area contributed by atoms with Gasteiger partial charge in [-0.05, 0) is 31.9 Å². The summed E-state index contributed by atoms with van der Waals surface area (Å²) in [5.74, 6) is 2.21. The summed E-state index contributed by atoms with van der Waals surface area (Å²) in [6.07, 6.45) is 0. The lowest BCUT2D eigenvalue weighted by Gasteiger charge is -2.09. The van der Waals surface area contributed by atoms with Crippen molar-refractivity contribution in [1.29, 1.82) is 0 Å². The summed E-state index contributed by atoms with van der Waals surface area (Å²) < 4.78 is 0. The summed E-state index contributed by atoms with van der Waals surface area (Å²) >= 11 is 0. The van der Waals surface area contributed by atoms with Gasteiger partial charge in [-0.25, -0.2) is 15.0 Å². The van der Waals surface area contributed by atoms with E-state index in [0.717, 1.165) is 28.6 Å². The Morgan fingerprint density at radius 2 is 1.00 bits per heavy atom. The highest BCUT2D eigenvalue weighted by molar-refractivity contribution is 5.65. The molecule has 3 aromatic rings. The van der Waals surface area contributed by atoms with Crippen molar-refractivity contribution >= 4 is 0 Å². The molecule has 104 valence electrons. The van der Waals surface area contributed by atoms with Crippen LogP contribution in [0.25, 0.3) is 22.8 Å². The van der Waals surface area contributed by atoms with Crippen molar-refractivity contribution < 1.29 is 0 Å². The zero-order chi connectivity index (χ0) is 14.8. The van der Waals surface area contributed by atoms with Crippen LogP contribution >= 0.6 is 0 Å². The van der Waals surface area contributed by atoms with Gasteiger partial charge in [-0.2, -0.15) is 0 Å². The Morgan fingerprint density at radius 1 is 0.571 bits per heavy atom. The Balaban J connectivity index is 2.18. The van der Waals surface area contributed by atoms with Crippen molar-refractivity contribution in [3.8, 4) is 22.8 Å². The lowest BCUT2D eigenvalue weighted by atomic mass is 10.1. The zero-order valence-corrected chi connectivity index (χ0v) is 12.5. The third kappa shape index (κ3) is 2.68. The maximum Gasteiger partial charge on any atom is 0.163 e. The highest BCUT2D eigenvalue weighted by Gasteiger charge is 2.11. The summed E-state index contributed by atoms with van der Waals surface area (Å²) in [4.78, 5) is 13.7. The van der Waals surface area contributed by atoms with E-state index in [4.69, 9.17) is 0 Å². The van der Waals surface area contributed by atoms with Crippen LogP contribution in [0.1, 0.15) is 17.0 Å². The molecule has 3 nitrogen and oxygen atoms in total. The lowest BCUT2D eigenvalue weighted by molar-refractivity contribution is 0.988. The van der Waals surface area contributed by atoms with Gasteiger partial charge in [0, 0.05) is 11.1 Å². The molecule has 0 unspecified atom stereocenters. The molecule has 2 aromatic carbocycles. The fourth-order valence-electron chi connectivity index (χ4n) is 2.37. The minimum absolute atomic E-state index is 0.735. The first-order valence-corrected chi connectivity index (χ1v) is 7.00. The van der Waals surface area contributed by atoms with Gasteiger partial charge in [0.2, 0.25) is 0 Å². The Bertz CT molecular complexity index is 730. The monoisotopic (exact) mass is 275 g/mol. The summed E-state index contributed by atoms with van der Waals surface area (Å²) in [6.45, 7) is 6.05. The van der Waals surface area contributed by atoms with Crippen molar-refractivity contribution in [2.75, 3.05) is 0 Å². The van der Waals surface area contributed by atoms with Crippen molar-refractivity contribution in [2.24, 2.45) is 0 Å². The van der Waals surface area contributed by atoms with Gasteiger partial charge in [0.05, 0.1) is 0 Å². The normalized spacial score (nSPS) is 10.6. The first kappa shape index (κ1) is 13.4. The number of benzene rings is 2. The fourth-order valence-corrected chi connectivity index (χ4v) is 2.37. The van der Waals surface area contributed by atoms with Crippen LogP contribution in [0.3, 0.4) is 0 Å². The fraction of sp³-hybridized carbons (Fsp3) is 0.167. The van der Waals surface area contributed by atoms with Crippen LogP contribution in [0.15, 0.2) is 48.5 Å². The molecule has 0 atom stereocenters. The number of rotatable bonds is 2. The van der Waals surface area contributed by atoms with Crippen LogP contribution in [0.4, 0.5) is 0 Å². The van der Waals surface area contributed by atoms with E-state index in [9.17, 15) is 0 Å². The molecular weight excluding hydrogens is 258 g/mol. The highest BCUT2D eigenvalue weighted by atomic mass is 15.0. The van der Waals surface area contributed by atoms with E-state index < -0.39 is 0 Å². The molecule has 0 amide bonds. The van der Waals surface area contributed by atoms with Crippen LogP contribution in [0.5, 0.6) is 0 Å². The molecule has 3 rings (SSSR count). The van der Waals surface area contributed by atoms with E-state index in [1.807, 2.05) is 43.3 Å². The molecule has 0 N–H and O–H groups in total. The van der Waals surface area contributed by atoms with Crippen LogP contribution < -0.4 is 0 Å². The molecule has 0 bridgehead atoms. The smallest absolute Gasteiger partial charge is 0.163 e. The second-order valence-corrected chi connectivity index (χ2v) is 5.16. The molecule has 21 heavy (non-hydrogen) atoms. The molecular formula is C18H17N3. The summed E-state index contributed by atoms with van der Waals surface area (Å²) in [5.41, 5.74) is 4.44. The Morgan fingerprint density at radius 3 is 1.43 bits per heavy atom. The quantitative estimate of drug-likeness (QED) is 0.705. The van der Waals surface area contributed by atoms with Gasteiger partial charge in [0.15, 0.2) is 11.6 Å². The second-order valence-electron chi connectivity index (χ2n) is 5.16. The van der Waals surface area contributed by atoms with E-state index in [0.29, 0.717) is 0 Å². The van der Waals surface area contributed by atoms with Crippen molar-refractivity contribution in [3.05, 3.63) is 65.5 Å². The number of hydrogen-bond donors (Lipinski definition) is 0. The lowest BCUT2D eigenvalue weighted by Crippen LogP contribution is -2.01. The molecule has 0 saturated carbocycles. The third-order valence-electron chi connectivity index (χ3n) is 3.52. The average Bonchev–Trinajstić information content (AvgIpc) is 2.47. The largest absolute Gasteiger partial charge is 0.213 e. The van der Waals surface area contributed by atoms with Gasteiger partial charge >= 0.3 is 0 Å². The zero-order valence-electron chi connectivity index (χ0n) is 12.5. The van der Waals surface area contributed by atoms with Crippen LogP contribution in [0.2, 0.25) is 0 Å². The molecule has 0 aliphatic heterocycles. The average molecular weight is 275 g/mol. The van der Waals surface area contributed by atoms with Gasteiger partial charge < -0.3 is 0 Å². The predicted molar refractivity (Wildman–Crippen MR) is 84.9 cm³/mol. The standard InChI is InChI=1S/C18H17N3/c1-12-8-4-6-10-15(12)17-19-14(3)20-18(21-17)16-11-7-5-9-13(16)2/h4-11H,1-3H3. The molecule has 0 radical (unpaired) electrons. The summed E-state index contributed by atoms with van der Waals surface area (Å²) in [7, 11) is 0. The number of hydrogen-bond acceptors (Lipinski definition) is 3. The Hall–Kier alpha value is -2.55. The minimum atomic E-state index is 0.735. The molecule has 0 aliphatic carbocycles. The van der Waals surface area contributed by atoms with E-state index in [1.54, 1.807) is 0 Å². The van der Waals surface area contributed by atoms with Gasteiger partial charge in [0.25, 0.3) is 0 Å². The topological polar surface area (TPSA) is 38.7 Å². The Labute approximate surface area is 124 Å². The van der Waals surface area contributed by atoms with Gasteiger partial charge in [0.1, 0.15) is 5.82 Å². The molecule has 0 fully saturated rings. The predicted octanol–water partition coefficient (Wildman–Crippen LogP) is 4.13. The SMILES string of the molecule is Cc1nc(-c2ccccc2C)nc(-c2ccccc2C)n1. The molecule has 1 heterocycles. The summed E-state index contributed by atoms with van der Waals surface area (Å²) in [6, 6.07) is 16.3. The second kappa shape index (κ2) is 5.44. The third-order valence-corrected chi connectivity index (χ3v) is 3.52. The molecule has 0 saturated heterocycles. The van der Waals surface area contributed by atoms with E-state index in [1.165, 1.54) is 11.1 Å². The summed E-state index contributed by atoms with van der Waals surface area (Å²) in [5, 5.41) is 0. The minimum Gasteiger partial charge on any atom is -0.213 e. The van der Waals surface area contributed by atoms with Crippen LogP contribution in [0, 0.1) is 20.8 Å². The van der Waals surface area contributed by atoms with Gasteiger partial charge in [-0.1, -0.05) is 48.5 Å². The van der Waals surface area contributed by atoms with Gasteiger partial charge in [-0.15, -0.1) is 0 Å². The first-order chi connectivity index (χ1) is 10.1. The molecule has 0 spiro atoms. The number of nitrogens with zero attached hydrogens (tertiary/aromatic N) is 3. The molecule has 3 heteroatoms. The van der Waals surface area contributed by atoms with Crippen LogP contribution in [-0.2, 0) is 0 Å². The molecule has 0 aliphatic rings. The van der Waals surface area contributed by atoms with E-state index in [2.05, 4.69) is 40.9 Å². The molecule has 1 aromatic heterocycles.